The number of carbonyl (C=O) groups excluding carboxylic acids is 1. The molecule has 0 aliphatic carbocycles. The lowest BCUT2D eigenvalue weighted by atomic mass is 9.97. The summed E-state index contributed by atoms with van der Waals surface area (Å²) in [4.78, 5) is 23.3. The van der Waals surface area contributed by atoms with Crippen LogP contribution in [0.15, 0.2) is 65.2 Å². The Balaban J connectivity index is 1.38. The first-order valence-electron chi connectivity index (χ1n) is 14.3. The van der Waals surface area contributed by atoms with E-state index in [4.69, 9.17) is 34.3 Å². The molecular formula is C33H35N3O8. The zero-order chi connectivity index (χ0) is 31.1. The lowest BCUT2D eigenvalue weighted by molar-refractivity contribution is -0.142. The number of hydrogen-bond donors (Lipinski definition) is 2. The van der Waals surface area contributed by atoms with Gasteiger partial charge in [-0.05, 0) is 55.3 Å². The molecule has 0 aliphatic heterocycles. The van der Waals surface area contributed by atoms with Crippen LogP contribution in [0.4, 0.5) is 0 Å². The summed E-state index contributed by atoms with van der Waals surface area (Å²) in [7, 11) is 0. The second-order valence-corrected chi connectivity index (χ2v) is 10.3. The van der Waals surface area contributed by atoms with E-state index in [2.05, 4.69) is 27.9 Å². The summed E-state index contributed by atoms with van der Waals surface area (Å²) in [5.74, 6) is -0.243. The van der Waals surface area contributed by atoms with E-state index in [0.29, 0.717) is 50.0 Å². The number of aromatic nitrogens is 2. The SMILES string of the molecule is Cc1noc(C)c1-c1cc(C(N)=O)c2c3cc(OCCOCCOCCOCC(=O)O)ccc3n(Cc3ccccc3)c2c1. The summed E-state index contributed by atoms with van der Waals surface area (Å²) >= 11 is 0. The first kappa shape index (κ1) is 30.7. The number of fused-ring (bicyclic) bond motifs is 3. The van der Waals surface area contributed by atoms with Gasteiger partial charge >= 0.3 is 5.97 Å². The Bertz CT molecular complexity index is 1740. The van der Waals surface area contributed by atoms with Crippen LogP contribution >= 0.6 is 0 Å². The van der Waals surface area contributed by atoms with Crippen LogP contribution in [0.2, 0.25) is 0 Å². The van der Waals surface area contributed by atoms with Crippen LogP contribution < -0.4 is 10.5 Å². The minimum atomic E-state index is -1.01. The normalized spacial score (nSPS) is 11.4. The van der Waals surface area contributed by atoms with Gasteiger partial charge in [0.15, 0.2) is 0 Å². The van der Waals surface area contributed by atoms with E-state index in [1.54, 1.807) is 0 Å². The van der Waals surface area contributed by atoms with Gasteiger partial charge in [0, 0.05) is 34.0 Å². The maximum Gasteiger partial charge on any atom is 0.329 e. The third-order valence-corrected chi connectivity index (χ3v) is 7.17. The number of nitrogens with zero attached hydrogens (tertiary/aromatic N) is 2. The number of hydrogen-bond acceptors (Lipinski definition) is 8. The summed E-state index contributed by atoms with van der Waals surface area (Å²) < 4.78 is 29.5. The fraction of sp³-hybridized carbons (Fsp3) is 0.303. The largest absolute Gasteiger partial charge is 0.491 e. The van der Waals surface area contributed by atoms with Crippen LogP contribution in [0, 0.1) is 13.8 Å². The number of carbonyl (C=O) groups is 2. The minimum Gasteiger partial charge on any atom is -0.491 e. The zero-order valence-corrected chi connectivity index (χ0v) is 24.7. The number of primary amides is 1. The molecule has 1 amide bonds. The lowest BCUT2D eigenvalue weighted by Crippen LogP contribution is -2.14. The van der Waals surface area contributed by atoms with Gasteiger partial charge in [0.1, 0.15) is 24.7 Å². The average Bonchev–Trinajstić information content (AvgIpc) is 3.50. The van der Waals surface area contributed by atoms with Crippen LogP contribution in [-0.4, -0.2) is 73.0 Å². The molecule has 11 heteroatoms. The first-order valence-corrected chi connectivity index (χ1v) is 14.3. The van der Waals surface area contributed by atoms with Crippen LogP contribution in [0.25, 0.3) is 32.9 Å². The molecule has 3 aromatic carbocycles. The Hall–Kier alpha value is -4.71. The highest BCUT2D eigenvalue weighted by Crippen LogP contribution is 2.38. The summed E-state index contributed by atoms with van der Waals surface area (Å²) in [6, 6.07) is 19.8. The number of amides is 1. The summed E-state index contributed by atoms with van der Waals surface area (Å²) in [6.45, 7) is 5.85. The maximum absolute atomic E-state index is 12.9. The van der Waals surface area contributed by atoms with Gasteiger partial charge < -0.3 is 38.9 Å². The molecule has 0 spiro atoms. The Labute approximate surface area is 254 Å². The molecule has 0 radical (unpaired) electrons. The number of rotatable bonds is 16. The van der Waals surface area contributed by atoms with Crippen molar-refractivity contribution in [1.29, 1.82) is 0 Å². The molecule has 0 saturated carbocycles. The Morgan fingerprint density at radius 3 is 2.25 bits per heavy atom. The van der Waals surface area contributed by atoms with Gasteiger partial charge in [-0.3, -0.25) is 4.79 Å². The second kappa shape index (κ2) is 14.2. The molecule has 0 aliphatic rings. The van der Waals surface area contributed by atoms with Gasteiger partial charge in [0.25, 0.3) is 0 Å². The van der Waals surface area contributed by atoms with Crippen molar-refractivity contribution in [2.45, 2.75) is 20.4 Å². The molecule has 0 atom stereocenters. The molecule has 2 aromatic heterocycles. The molecule has 2 heterocycles. The van der Waals surface area contributed by atoms with Crippen molar-refractivity contribution < 1.29 is 38.2 Å². The highest BCUT2D eigenvalue weighted by molar-refractivity contribution is 6.19. The van der Waals surface area contributed by atoms with E-state index in [0.717, 1.165) is 44.2 Å². The second-order valence-electron chi connectivity index (χ2n) is 10.3. The number of benzene rings is 3. The molecule has 0 unspecified atom stereocenters. The van der Waals surface area contributed by atoms with Crippen molar-refractivity contribution in [1.82, 2.24) is 9.72 Å². The number of nitrogens with two attached hydrogens (primary N) is 1. The quantitative estimate of drug-likeness (QED) is 0.153. The van der Waals surface area contributed by atoms with Gasteiger partial charge in [-0.15, -0.1) is 0 Å². The Morgan fingerprint density at radius 1 is 0.886 bits per heavy atom. The Morgan fingerprint density at radius 2 is 1.59 bits per heavy atom. The molecule has 0 fully saturated rings. The molecule has 11 nitrogen and oxygen atoms in total. The van der Waals surface area contributed by atoms with Crippen molar-refractivity contribution in [2.75, 3.05) is 46.2 Å². The third kappa shape index (κ3) is 7.08. The van der Waals surface area contributed by atoms with Gasteiger partial charge in [0.2, 0.25) is 5.91 Å². The predicted molar refractivity (Wildman–Crippen MR) is 164 cm³/mol. The van der Waals surface area contributed by atoms with Gasteiger partial charge in [-0.1, -0.05) is 35.5 Å². The molecular weight excluding hydrogens is 566 g/mol. The van der Waals surface area contributed by atoms with E-state index in [-0.39, 0.29) is 19.8 Å². The van der Waals surface area contributed by atoms with Gasteiger partial charge in [-0.2, -0.15) is 0 Å². The molecule has 44 heavy (non-hydrogen) atoms. The fourth-order valence-corrected chi connectivity index (χ4v) is 5.28. The number of aliphatic carboxylic acids is 1. The first-order chi connectivity index (χ1) is 21.3. The third-order valence-electron chi connectivity index (χ3n) is 7.17. The fourth-order valence-electron chi connectivity index (χ4n) is 5.28. The van der Waals surface area contributed by atoms with Crippen molar-refractivity contribution in [2.24, 2.45) is 5.73 Å². The highest BCUT2D eigenvalue weighted by Gasteiger charge is 2.22. The average molecular weight is 602 g/mol. The number of aryl methyl sites for hydroxylation is 2. The topological polar surface area (TPSA) is 148 Å². The molecule has 0 bridgehead atoms. The smallest absolute Gasteiger partial charge is 0.329 e. The van der Waals surface area contributed by atoms with Crippen LogP contribution in [0.1, 0.15) is 27.4 Å². The molecule has 0 saturated heterocycles. The van der Waals surface area contributed by atoms with Crippen molar-refractivity contribution in [3.63, 3.8) is 0 Å². The number of carboxylic acids is 1. The minimum absolute atomic E-state index is 0.207. The van der Waals surface area contributed by atoms with E-state index in [1.165, 1.54) is 0 Å². The lowest BCUT2D eigenvalue weighted by Gasteiger charge is -2.11. The van der Waals surface area contributed by atoms with Crippen LogP contribution in [0.5, 0.6) is 5.75 Å². The molecule has 5 aromatic rings. The van der Waals surface area contributed by atoms with Crippen LogP contribution in [-0.2, 0) is 25.5 Å². The maximum atomic E-state index is 12.9. The molecule has 5 rings (SSSR count). The summed E-state index contributed by atoms with van der Waals surface area (Å²) in [5.41, 5.74) is 11.7. The predicted octanol–water partition coefficient (Wildman–Crippen LogP) is 4.73. The molecule has 230 valence electrons. The molecule has 3 N–H and O–H groups in total. The van der Waals surface area contributed by atoms with Crippen LogP contribution in [0.3, 0.4) is 0 Å². The van der Waals surface area contributed by atoms with Gasteiger partial charge in [0.05, 0.1) is 44.2 Å². The van der Waals surface area contributed by atoms with Gasteiger partial charge in [-0.25, -0.2) is 4.79 Å². The van der Waals surface area contributed by atoms with E-state index >= 15 is 0 Å². The Kier molecular flexibility index (Phi) is 9.90. The standard InChI is InChI=1S/C33H35N3O8/c1-21-31(22(2)44-35-21)24-16-27(33(34)39)32-26-18-25(43-15-14-41-11-10-40-12-13-42-20-30(37)38)8-9-28(26)36(29(32)17-24)19-23-6-4-3-5-7-23/h3-9,16-18H,10-15,19-20H2,1-2H3,(H2,34,39)(H,37,38). The number of ether oxygens (including phenoxy) is 4. The van der Waals surface area contributed by atoms with Crippen molar-refractivity contribution >= 4 is 33.7 Å². The monoisotopic (exact) mass is 601 g/mol. The number of carboxylic acid groups (broad SMARTS) is 1. The zero-order valence-electron chi connectivity index (χ0n) is 24.7. The van der Waals surface area contributed by atoms with Crippen molar-refractivity contribution in [3.05, 3.63) is 83.2 Å². The van der Waals surface area contributed by atoms with E-state index in [9.17, 15) is 9.59 Å². The van der Waals surface area contributed by atoms with Crippen molar-refractivity contribution in [3.8, 4) is 16.9 Å². The van der Waals surface area contributed by atoms with E-state index in [1.807, 2.05) is 56.3 Å². The van der Waals surface area contributed by atoms with E-state index < -0.39 is 11.9 Å². The summed E-state index contributed by atoms with van der Waals surface area (Å²) in [6.07, 6.45) is 0. The summed E-state index contributed by atoms with van der Waals surface area (Å²) in [5, 5.41) is 14.3. The highest BCUT2D eigenvalue weighted by atomic mass is 16.6.